The summed E-state index contributed by atoms with van der Waals surface area (Å²) in [6.45, 7) is 7.87. The molecule has 0 aliphatic rings. The van der Waals surface area contributed by atoms with Crippen molar-refractivity contribution in [2.24, 2.45) is 7.05 Å². The summed E-state index contributed by atoms with van der Waals surface area (Å²) < 4.78 is 2.09. The second-order valence-electron chi connectivity index (χ2n) is 3.77. The van der Waals surface area contributed by atoms with Crippen molar-refractivity contribution in [2.45, 2.75) is 26.7 Å². The Morgan fingerprint density at radius 2 is 2.31 bits per heavy atom. The molecule has 0 unspecified atom stereocenters. The molecule has 0 atom stereocenters. The molecule has 0 fully saturated rings. The Hall–Kier alpha value is -1.57. The van der Waals surface area contributed by atoms with Crippen LogP contribution in [-0.2, 0) is 19.9 Å². The molecule has 0 spiro atoms. The molecule has 1 rings (SSSR count). The SMILES string of the molecule is C=C/C=C(\C=C/C)Cc1cn(C)c(CC)n1. The summed E-state index contributed by atoms with van der Waals surface area (Å²) in [7, 11) is 2.04. The maximum atomic E-state index is 4.59. The molecule has 0 aromatic carbocycles. The van der Waals surface area contributed by atoms with Crippen LogP contribution in [0, 0.1) is 0 Å². The molecular weight excluding hydrogens is 196 g/mol. The summed E-state index contributed by atoms with van der Waals surface area (Å²) in [5.74, 6) is 1.13. The van der Waals surface area contributed by atoms with Crippen molar-refractivity contribution in [3.63, 3.8) is 0 Å². The van der Waals surface area contributed by atoms with Crippen LogP contribution in [0.1, 0.15) is 25.4 Å². The van der Waals surface area contributed by atoms with Gasteiger partial charge in [-0.1, -0.05) is 37.8 Å². The molecule has 2 heteroatoms. The molecule has 0 aliphatic heterocycles. The molecular formula is C14H20N2. The van der Waals surface area contributed by atoms with Gasteiger partial charge in [-0.2, -0.15) is 0 Å². The molecule has 0 radical (unpaired) electrons. The largest absolute Gasteiger partial charge is 0.338 e. The standard InChI is InChI=1S/C14H20N2/c1-5-8-12(9-6-2)10-13-11-16(4)14(7-3)15-13/h5-6,8-9,11H,1,7,10H2,2-4H3/b9-6-,12-8+. The van der Waals surface area contributed by atoms with E-state index in [9.17, 15) is 0 Å². The number of hydrogen-bond acceptors (Lipinski definition) is 1. The van der Waals surface area contributed by atoms with Gasteiger partial charge in [-0.05, 0) is 12.5 Å². The van der Waals surface area contributed by atoms with Crippen LogP contribution in [0.15, 0.2) is 42.7 Å². The molecule has 0 aliphatic carbocycles. The molecule has 1 aromatic heterocycles. The third-order valence-corrected chi connectivity index (χ3v) is 2.44. The monoisotopic (exact) mass is 216 g/mol. The van der Waals surface area contributed by atoms with Crippen molar-refractivity contribution in [2.75, 3.05) is 0 Å². The highest BCUT2D eigenvalue weighted by Gasteiger charge is 2.04. The predicted molar refractivity (Wildman–Crippen MR) is 69.4 cm³/mol. The van der Waals surface area contributed by atoms with Gasteiger partial charge in [-0.3, -0.25) is 0 Å². The van der Waals surface area contributed by atoms with Crippen LogP contribution in [0.5, 0.6) is 0 Å². The average molecular weight is 216 g/mol. The van der Waals surface area contributed by atoms with E-state index in [-0.39, 0.29) is 0 Å². The van der Waals surface area contributed by atoms with Crippen LogP contribution in [0.25, 0.3) is 0 Å². The lowest BCUT2D eigenvalue weighted by molar-refractivity contribution is 0.807. The van der Waals surface area contributed by atoms with Crippen molar-refractivity contribution in [1.29, 1.82) is 0 Å². The summed E-state index contributed by atoms with van der Waals surface area (Å²) in [4.78, 5) is 4.59. The van der Waals surface area contributed by atoms with Gasteiger partial charge in [0, 0.05) is 26.1 Å². The van der Waals surface area contributed by atoms with Gasteiger partial charge in [0.05, 0.1) is 5.69 Å². The van der Waals surface area contributed by atoms with Gasteiger partial charge < -0.3 is 4.57 Å². The van der Waals surface area contributed by atoms with Gasteiger partial charge in [-0.25, -0.2) is 4.98 Å². The molecule has 0 saturated carbocycles. The van der Waals surface area contributed by atoms with Crippen LogP contribution >= 0.6 is 0 Å². The number of aromatic nitrogens is 2. The van der Waals surface area contributed by atoms with E-state index >= 15 is 0 Å². The Bertz CT molecular complexity index is 408. The first-order valence-electron chi connectivity index (χ1n) is 5.66. The van der Waals surface area contributed by atoms with E-state index in [1.54, 1.807) is 0 Å². The zero-order chi connectivity index (χ0) is 12.0. The lowest BCUT2D eigenvalue weighted by atomic mass is 10.1. The molecule has 2 nitrogen and oxygen atoms in total. The van der Waals surface area contributed by atoms with Gasteiger partial charge >= 0.3 is 0 Å². The van der Waals surface area contributed by atoms with E-state index in [0.717, 1.165) is 24.4 Å². The van der Waals surface area contributed by atoms with Gasteiger partial charge in [0.2, 0.25) is 0 Å². The number of allylic oxidation sites excluding steroid dienone is 5. The first-order chi connectivity index (χ1) is 7.71. The normalized spacial score (nSPS) is 12.3. The van der Waals surface area contributed by atoms with Crippen molar-refractivity contribution in [3.05, 3.63) is 54.2 Å². The fourth-order valence-electron chi connectivity index (χ4n) is 1.73. The molecule has 0 N–H and O–H groups in total. The topological polar surface area (TPSA) is 17.8 Å². The van der Waals surface area contributed by atoms with Crippen LogP contribution < -0.4 is 0 Å². The Labute approximate surface area is 98.0 Å². The van der Waals surface area contributed by atoms with Crippen molar-refractivity contribution in [1.82, 2.24) is 9.55 Å². The third-order valence-electron chi connectivity index (χ3n) is 2.44. The summed E-state index contributed by atoms with van der Waals surface area (Å²) in [6, 6.07) is 0. The molecule has 86 valence electrons. The summed E-state index contributed by atoms with van der Waals surface area (Å²) >= 11 is 0. The Morgan fingerprint density at radius 1 is 1.56 bits per heavy atom. The van der Waals surface area contributed by atoms with E-state index < -0.39 is 0 Å². The van der Waals surface area contributed by atoms with Crippen LogP contribution in [0.3, 0.4) is 0 Å². The van der Waals surface area contributed by atoms with Gasteiger partial charge in [0.1, 0.15) is 5.82 Å². The maximum Gasteiger partial charge on any atom is 0.108 e. The average Bonchev–Trinajstić information content (AvgIpc) is 2.59. The smallest absolute Gasteiger partial charge is 0.108 e. The van der Waals surface area contributed by atoms with Gasteiger partial charge in [0.25, 0.3) is 0 Å². The number of imidazole rings is 1. The highest BCUT2D eigenvalue weighted by molar-refractivity contribution is 5.27. The second kappa shape index (κ2) is 6.11. The minimum absolute atomic E-state index is 0.865. The minimum atomic E-state index is 0.865. The minimum Gasteiger partial charge on any atom is -0.338 e. The summed E-state index contributed by atoms with van der Waals surface area (Å²) in [5, 5.41) is 0. The van der Waals surface area contributed by atoms with E-state index in [2.05, 4.69) is 35.3 Å². The molecule has 1 aromatic rings. The lowest BCUT2D eigenvalue weighted by Gasteiger charge is -1.97. The Morgan fingerprint density at radius 3 is 2.81 bits per heavy atom. The maximum absolute atomic E-state index is 4.59. The number of nitrogens with zero attached hydrogens (tertiary/aromatic N) is 2. The second-order valence-corrected chi connectivity index (χ2v) is 3.77. The summed E-state index contributed by atoms with van der Waals surface area (Å²) in [5.41, 5.74) is 2.35. The molecule has 16 heavy (non-hydrogen) atoms. The number of rotatable bonds is 5. The van der Waals surface area contributed by atoms with E-state index in [4.69, 9.17) is 0 Å². The van der Waals surface area contributed by atoms with Crippen LogP contribution in [0.2, 0.25) is 0 Å². The Balaban J connectivity index is 2.85. The fourth-order valence-corrected chi connectivity index (χ4v) is 1.73. The van der Waals surface area contributed by atoms with Crippen molar-refractivity contribution < 1.29 is 0 Å². The third kappa shape index (κ3) is 3.23. The van der Waals surface area contributed by atoms with Crippen molar-refractivity contribution >= 4 is 0 Å². The molecule has 0 bridgehead atoms. The predicted octanol–water partition coefficient (Wildman–Crippen LogP) is 3.21. The number of hydrogen-bond donors (Lipinski definition) is 0. The summed E-state index contributed by atoms with van der Waals surface area (Å²) in [6.07, 6.45) is 11.9. The Kier molecular flexibility index (Phi) is 4.77. The first-order valence-corrected chi connectivity index (χ1v) is 5.66. The first kappa shape index (κ1) is 12.5. The number of aryl methyl sites for hydroxylation is 2. The van der Waals surface area contributed by atoms with Crippen LogP contribution in [0.4, 0.5) is 0 Å². The molecule has 1 heterocycles. The van der Waals surface area contributed by atoms with Gasteiger partial charge in [-0.15, -0.1) is 0 Å². The van der Waals surface area contributed by atoms with E-state index in [1.165, 1.54) is 5.57 Å². The highest BCUT2D eigenvalue weighted by Crippen LogP contribution is 2.10. The zero-order valence-electron chi connectivity index (χ0n) is 10.4. The molecule has 0 amide bonds. The lowest BCUT2D eigenvalue weighted by Crippen LogP contribution is -1.93. The van der Waals surface area contributed by atoms with Crippen molar-refractivity contribution in [3.8, 4) is 0 Å². The van der Waals surface area contributed by atoms with Gasteiger partial charge in [0.15, 0.2) is 0 Å². The highest BCUT2D eigenvalue weighted by atomic mass is 15.0. The van der Waals surface area contributed by atoms with E-state index in [0.29, 0.717) is 0 Å². The molecule has 0 saturated heterocycles. The van der Waals surface area contributed by atoms with Crippen LogP contribution in [-0.4, -0.2) is 9.55 Å². The quantitative estimate of drug-likeness (QED) is 0.691. The fraction of sp³-hybridized carbons (Fsp3) is 0.357. The zero-order valence-corrected chi connectivity index (χ0v) is 10.4. The van der Waals surface area contributed by atoms with E-state index in [1.807, 2.05) is 32.2 Å².